The predicted octanol–water partition coefficient (Wildman–Crippen LogP) is 0.921. The Hall–Kier alpha value is -2.30. The molecule has 2 unspecified atom stereocenters. The maximum atomic E-state index is 12.0. The van der Waals surface area contributed by atoms with Crippen molar-refractivity contribution in [1.29, 1.82) is 0 Å². The lowest BCUT2D eigenvalue weighted by Crippen LogP contribution is -2.43. The van der Waals surface area contributed by atoms with Gasteiger partial charge < -0.3 is 15.4 Å². The topological polar surface area (TPSA) is 67.4 Å². The van der Waals surface area contributed by atoms with Crippen LogP contribution >= 0.6 is 0 Å². The number of esters is 1. The summed E-state index contributed by atoms with van der Waals surface area (Å²) in [6.45, 7) is 2.06. The van der Waals surface area contributed by atoms with Crippen LogP contribution in [0.1, 0.15) is 13.3 Å². The average molecular weight is 272 g/mol. The monoisotopic (exact) mass is 272 g/mol. The molecule has 0 spiro atoms. The summed E-state index contributed by atoms with van der Waals surface area (Å²) in [6.07, 6.45) is 9.77. The molecule has 1 aliphatic carbocycles. The van der Waals surface area contributed by atoms with E-state index in [0.717, 1.165) is 16.8 Å². The molecule has 5 nitrogen and oxygen atoms in total. The number of carbonyl (C=O) groups is 2. The Bertz CT molecular complexity index is 584. The number of hydrogen-bond donors (Lipinski definition) is 2. The van der Waals surface area contributed by atoms with E-state index in [-0.39, 0.29) is 17.8 Å². The smallest absolute Gasteiger partial charge is 0.328 e. The lowest BCUT2D eigenvalue weighted by Gasteiger charge is -2.26. The number of ether oxygens (including phenoxy) is 1. The van der Waals surface area contributed by atoms with Gasteiger partial charge in [0.15, 0.2) is 0 Å². The molecule has 1 amide bonds. The minimum Gasteiger partial charge on any atom is -0.464 e. The largest absolute Gasteiger partial charge is 0.464 e. The molecule has 5 heteroatoms. The standard InChI is InChI=1S/C15H16N2O3/c1-2-20-15(19)12-6-10-8-16-11-5-3-4-9(14(10)11)7-13(18)17-12/h3-5,7-8,12,14,16H,2,6H2,1H3,(H,17,18)/b9-7-. The Labute approximate surface area is 117 Å². The number of allylic oxidation sites excluding steroid dienone is 4. The number of hydrogen-bond acceptors (Lipinski definition) is 4. The summed E-state index contributed by atoms with van der Waals surface area (Å²) in [4.78, 5) is 23.9. The minimum absolute atomic E-state index is 0.0583. The zero-order valence-electron chi connectivity index (χ0n) is 11.2. The molecule has 0 saturated carbocycles. The molecule has 0 bridgehead atoms. The van der Waals surface area contributed by atoms with Gasteiger partial charge in [0.05, 0.1) is 6.61 Å². The SMILES string of the molecule is CCOC(=O)C1CC2=CNC3=CC=C/C(=C/C(=O)N1)C23. The van der Waals surface area contributed by atoms with Gasteiger partial charge in [-0.25, -0.2) is 4.79 Å². The fourth-order valence-electron chi connectivity index (χ4n) is 2.78. The maximum Gasteiger partial charge on any atom is 0.328 e. The van der Waals surface area contributed by atoms with Crippen LogP contribution < -0.4 is 10.6 Å². The highest BCUT2D eigenvalue weighted by atomic mass is 16.5. The van der Waals surface area contributed by atoms with Gasteiger partial charge in [0, 0.05) is 30.3 Å². The highest BCUT2D eigenvalue weighted by Gasteiger charge is 2.34. The first-order valence-corrected chi connectivity index (χ1v) is 6.71. The molecule has 0 aromatic carbocycles. The number of rotatable bonds is 2. The molecule has 3 aliphatic rings. The first-order chi connectivity index (χ1) is 9.69. The van der Waals surface area contributed by atoms with Crippen molar-refractivity contribution in [2.75, 3.05) is 6.61 Å². The maximum absolute atomic E-state index is 12.0. The molecule has 0 aromatic rings. The van der Waals surface area contributed by atoms with E-state index in [4.69, 9.17) is 4.74 Å². The number of amides is 1. The van der Waals surface area contributed by atoms with Crippen molar-refractivity contribution in [2.45, 2.75) is 19.4 Å². The zero-order chi connectivity index (χ0) is 14.1. The van der Waals surface area contributed by atoms with E-state index in [2.05, 4.69) is 10.6 Å². The fraction of sp³-hybridized carbons (Fsp3) is 0.333. The van der Waals surface area contributed by atoms with Crippen molar-refractivity contribution in [3.8, 4) is 0 Å². The van der Waals surface area contributed by atoms with Crippen LogP contribution in [0.3, 0.4) is 0 Å². The van der Waals surface area contributed by atoms with Crippen LogP contribution in [-0.2, 0) is 14.3 Å². The first kappa shape index (κ1) is 12.7. The molecule has 2 heterocycles. The van der Waals surface area contributed by atoms with E-state index in [1.807, 2.05) is 24.4 Å². The van der Waals surface area contributed by atoms with Crippen LogP contribution in [0.2, 0.25) is 0 Å². The third-order valence-electron chi connectivity index (χ3n) is 3.63. The second kappa shape index (κ2) is 5.00. The Kier molecular flexibility index (Phi) is 3.18. The van der Waals surface area contributed by atoms with E-state index in [9.17, 15) is 9.59 Å². The Morgan fingerprint density at radius 2 is 2.35 bits per heavy atom. The van der Waals surface area contributed by atoms with Crippen LogP contribution in [0, 0.1) is 5.92 Å². The van der Waals surface area contributed by atoms with E-state index >= 15 is 0 Å². The molecule has 0 fully saturated rings. The van der Waals surface area contributed by atoms with Crippen molar-refractivity contribution >= 4 is 11.9 Å². The lowest BCUT2D eigenvalue weighted by molar-refractivity contribution is -0.147. The summed E-state index contributed by atoms with van der Waals surface area (Å²) >= 11 is 0. The summed E-state index contributed by atoms with van der Waals surface area (Å²) in [6, 6.07) is -0.626. The van der Waals surface area contributed by atoms with Gasteiger partial charge in [-0.05, 0) is 24.1 Å². The average Bonchev–Trinajstić information content (AvgIpc) is 2.80. The van der Waals surface area contributed by atoms with Crippen molar-refractivity contribution in [3.05, 3.63) is 47.3 Å². The van der Waals surface area contributed by atoms with E-state index < -0.39 is 6.04 Å². The number of carbonyl (C=O) groups excluding carboxylic acids is 2. The molecule has 2 atom stereocenters. The second-order valence-electron chi connectivity index (χ2n) is 4.94. The van der Waals surface area contributed by atoms with Crippen LogP contribution in [-0.4, -0.2) is 24.5 Å². The molecule has 2 aliphatic heterocycles. The van der Waals surface area contributed by atoms with Gasteiger partial charge in [0.2, 0.25) is 5.91 Å². The second-order valence-corrected chi connectivity index (χ2v) is 4.94. The van der Waals surface area contributed by atoms with Crippen LogP contribution in [0.15, 0.2) is 47.3 Å². The first-order valence-electron chi connectivity index (χ1n) is 6.71. The van der Waals surface area contributed by atoms with E-state index in [0.29, 0.717) is 13.0 Å². The quantitative estimate of drug-likeness (QED) is 0.734. The van der Waals surface area contributed by atoms with Crippen molar-refractivity contribution in [3.63, 3.8) is 0 Å². The van der Waals surface area contributed by atoms with Gasteiger partial charge in [0.1, 0.15) is 6.04 Å². The predicted molar refractivity (Wildman–Crippen MR) is 73.2 cm³/mol. The third kappa shape index (κ3) is 2.15. The van der Waals surface area contributed by atoms with Gasteiger partial charge in [-0.3, -0.25) is 4.79 Å². The fourth-order valence-corrected chi connectivity index (χ4v) is 2.78. The minimum atomic E-state index is -0.626. The Morgan fingerprint density at radius 3 is 3.15 bits per heavy atom. The lowest BCUT2D eigenvalue weighted by atomic mass is 9.83. The molecule has 2 N–H and O–H groups in total. The molecule has 0 radical (unpaired) electrons. The van der Waals surface area contributed by atoms with Gasteiger partial charge >= 0.3 is 5.97 Å². The zero-order valence-corrected chi connectivity index (χ0v) is 11.2. The van der Waals surface area contributed by atoms with Gasteiger partial charge in [-0.2, -0.15) is 0 Å². The van der Waals surface area contributed by atoms with Gasteiger partial charge in [-0.15, -0.1) is 0 Å². The summed E-state index contributed by atoms with van der Waals surface area (Å²) in [5, 5.41) is 5.92. The molecule has 3 rings (SSSR count). The van der Waals surface area contributed by atoms with Crippen LogP contribution in [0.4, 0.5) is 0 Å². The highest BCUT2D eigenvalue weighted by Crippen LogP contribution is 2.37. The third-order valence-corrected chi connectivity index (χ3v) is 3.63. The van der Waals surface area contributed by atoms with Crippen molar-refractivity contribution in [1.82, 2.24) is 10.6 Å². The van der Waals surface area contributed by atoms with Crippen molar-refractivity contribution in [2.24, 2.45) is 5.92 Å². The van der Waals surface area contributed by atoms with Crippen LogP contribution in [0.5, 0.6) is 0 Å². The molecule has 104 valence electrons. The summed E-state index contributed by atoms with van der Waals surface area (Å²) in [5.74, 6) is -0.583. The van der Waals surface area contributed by atoms with E-state index in [1.165, 1.54) is 0 Å². The Balaban J connectivity index is 1.93. The molecular weight excluding hydrogens is 256 g/mol. The van der Waals surface area contributed by atoms with Gasteiger partial charge in [0.25, 0.3) is 0 Å². The van der Waals surface area contributed by atoms with Gasteiger partial charge in [-0.1, -0.05) is 12.2 Å². The van der Waals surface area contributed by atoms with Crippen LogP contribution in [0.25, 0.3) is 0 Å². The normalized spacial score (nSPS) is 29.6. The van der Waals surface area contributed by atoms with Crippen molar-refractivity contribution < 1.29 is 14.3 Å². The molecule has 0 aromatic heterocycles. The Morgan fingerprint density at radius 1 is 1.50 bits per heavy atom. The highest BCUT2D eigenvalue weighted by molar-refractivity contribution is 5.93. The number of nitrogens with one attached hydrogen (secondary N) is 2. The molecule has 0 saturated heterocycles. The molecule has 20 heavy (non-hydrogen) atoms. The summed E-state index contributed by atoms with van der Waals surface area (Å²) < 4.78 is 5.02. The summed E-state index contributed by atoms with van der Waals surface area (Å²) in [5.41, 5.74) is 3.08. The molecular formula is C15H16N2O3. The summed E-state index contributed by atoms with van der Waals surface area (Å²) in [7, 11) is 0. The van der Waals surface area contributed by atoms with E-state index in [1.54, 1.807) is 13.0 Å².